The van der Waals surface area contributed by atoms with Crippen LogP contribution in [-0.4, -0.2) is 7.11 Å². The van der Waals surface area contributed by atoms with Crippen LogP contribution in [0.1, 0.15) is 11.1 Å². The van der Waals surface area contributed by atoms with Crippen LogP contribution in [0.3, 0.4) is 0 Å². The van der Waals surface area contributed by atoms with Crippen molar-refractivity contribution in [1.29, 1.82) is 0 Å². The summed E-state index contributed by atoms with van der Waals surface area (Å²) in [6.07, 6.45) is 0. The highest BCUT2D eigenvalue weighted by Gasteiger charge is 2.01. The minimum absolute atomic E-state index is 0.167. The molecular formula is C9H11FO. The van der Waals surface area contributed by atoms with Crippen molar-refractivity contribution in [3.8, 4) is 0 Å². The van der Waals surface area contributed by atoms with Gasteiger partial charge in [-0.1, -0.05) is 12.1 Å². The van der Waals surface area contributed by atoms with Crippen molar-refractivity contribution in [2.24, 2.45) is 0 Å². The van der Waals surface area contributed by atoms with E-state index < -0.39 is 0 Å². The van der Waals surface area contributed by atoms with Gasteiger partial charge in [0.25, 0.3) is 0 Å². The van der Waals surface area contributed by atoms with Crippen LogP contribution in [0.4, 0.5) is 4.39 Å². The van der Waals surface area contributed by atoms with Gasteiger partial charge >= 0.3 is 0 Å². The second-order valence-electron chi connectivity index (χ2n) is 2.46. The van der Waals surface area contributed by atoms with Gasteiger partial charge in [-0.15, -0.1) is 0 Å². The standard InChI is InChI=1S/C9H11FO/c1-7-8(6-11-2)4-3-5-9(7)10/h3-5H,6H2,1-2H3. The molecule has 0 fully saturated rings. The highest BCUT2D eigenvalue weighted by atomic mass is 19.1. The van der Waals surface area contributed by atoms with Crippen LogP contribution in [0.2, 0.25) is 0 Å². The number of hydrogen-bond donors (Lipinski definition) is 0. The van der Waals surface area contributed by atoms with Crippen LogP contribution >= 0.6 is 0 Å². The molecule has 0 aliphatic carbocycles. The van der Waals surface area contributed by atoms with Gasteiger partial charge in [0, 0.05) is 7.11 Å². The highest BCUT2D eigenvalue weighted by Crippen LogP contribution is 2.12. The molecule has 1 aromatic rings. The molecular weight excluding hydrogens is 143 g/mol. The van der Waals surface area contributed by atoms with E-state index in [1.165, 1.54) is 6.07 Å². The lowest BCUT2D eigenvalue weighted by Crippen LogP contribution is -1.93. The Balaban J connectivity index is 2.96. The van der Waals surface area contributed by atoms with E-state index in [1.807, 2.05) is 6.07 Å². The molecule has 11 heavy (non-hydrogen) atoms. The molecule has 0 saturated heterocycles. The summed E-state index contributed by atoms with van der Waals surface area (Å²) in [6.45, 7) is 2.23. The Morgan fingerprint density at radius 1 is 1.45 bits per heavy atom. The summed E-state index contributed by atoms with van der Waals surface area (Å²) in [5.74, 6) is -0.167. The van der Waals surface area contributed by atoms with Gasteiger partial charge < -0.3 is 4.74 Å². The first-order valence-corrected chi connectivity index (χ1v) is 3.48. The van der Waals surface area contributed by atoms with Crippen LogP contribution in [0.5, 0.6) is 0 Å². The van der Waals surface area contributed by atoms with E-state index >= 15 is 0 Å². The first-order chi connectivity index (χ1) is 5.25. The first-order valence-electron chi connectivity index (χ1n) is 3.48. The smallest absolute Gasteiger partial charge is 0.126 e. The zero-order valence-corrected chi connectivity index (χ0v) is 6.73. The Morgan fingerprint density at radius 3 is 2.82 bits per heavy atom. The fraction of sp³-hybridized carbons (Fsp3) is 0.333. The van der Waals surface area contributed by atoms with Gasteiger partial charge in [-0.3, -0.25) is 0 Å². The zero-order valence-electron chi connectivity index (χ0n) is 6.73. The number of hydrogen-bond acceptors (Lipinski definition) is 1. The molecule has 1 nitrogen and oxygen atoms in total. The highest BCUT2D eigenvalue weighted by molar-refractivity contribution is 5.26. The first kappa shape index (κ1) is 8.21. The van der Waals surface area contributed by atoms with E-state index in [-0.39, 0.29) is 5.82 Å². The molecule has 0 radical (unpaired) electrons. The maximum atomic E-state index is 12.8. The summed E-state index contributed by atoms with van der Waals surface area (Å²) < 4.78 is 17.7. The van der Waals surface area contributed by atoms with Gasteiger partial charge in [-0.25, -0.2) is 4.39 Å². The van der Waals surface area contributed by atoms with Gasteiger partial charge in [-0.2, -0.15) is 0 Å². The lowest BCUT2D eigenvalue weighted by atomic mass is 10.1. The largest absolute Gasteiger partial charge is 0.380 e. The zero-order chi connectivity index (χ0) is 8.27. The van der Waals surface area contributed by atoms with E-state index in [9.17, 15) is 4.39 Å². The average molecular weight is 154 g/mol. The number of benzene rings is 1. The molecule has 0 saturated carbocycles. The van der Waals surface area contributed by atoms with E-state index in [0.29, 0.717) is 12.2 Å². The summed E-state index contributed by atoms with van der Waals surface area (Å²) in [7, 11) is 1.60. The monoisotopic (exact) mass is 154 g/mol. The molecule has 0 atom stereocenters. The van der Waals surface area contributed by atoms with Crippen LogP contribution in [0.25, 0.3) is 0 Å². The van der Waals surface area contributed by atoms with Crippen LogP contribution in [-0.2, 0) is 11.3 Å². The molecule has 0 spiro atoms. The quantitative estimate of drug-likeness (QED) is 0.635. The third-order valence-corrected chi connectivity index (χ3v) is 1.68. The number of methoxy groups -OCH3 is 1. The Morgan fingerprint density at radius 2 is 2.18 bits per heavy atom. The Labute approximate surface area is 65.8 Å². The van der Waals surface area contributed by atoms with Crippen molar-refractivity contribution in [1.82, 2.24) is 0 Å². The van der Waals surface area contributed by atoms with Gasteiger partial charge in [0.05, 0.1) is 6.61 Å². The molecule has 2 heteroatoms. The third kappa shape index (κ3) is 1.77. The van der Waals surface area contributed by atoms with Gasteiger partial charge in [-0.05, 0) is 24.1 Å². The van der Waals surface area contributed by atoms with Crippen molar-refractivity contribution in [2.75, 3.05) is 7.11 Å². The number of ether oxygens (including phenoxy) is 1. The van der Waals surface area contributed by atoms with E-state index in [1.54, 1.807) is 20.1 Å². The molecule has 0 N–H and O–H groups in total. The Bertz CT molecular complexity index is 245. The maximum Gasteiger partial charge on any atom is 0.126 e. The second-order valence-corrected chi connectivity index (χ2v) is 2.46. The molecule has 60 valence electrons. The Kier molecular flexibility index (Phi) is 2.60. The van der Waals surface area contributed by atoms with Crippen molar-refractivity contribution >= 4 is 0 Å². The molecule has 1 rings (SSSR count). The molecule has 0 aromatic heterocycles. The average Bonchev–Trinajstić information content (AvgIpc) is 1.99. The lowest BCUT2D eigenvalue weighted by molar-refractivity contribution is 0.184. The minimum atomic E-state index is -0.167. The fourth-order valence-corrected chi connectivity index (χ4v) is 0.964. The van der Waals surface area contributed by atoms with E-state index in [2.05, 4.69) is 0 Å². The maximum absolute atomic E-state index is 12.8. The summed E-state index contributed by atoms with van der Waals surface area (Å²) >= 11 is 0. The normalized spacial score (nSPS) is 10.1. The predicted octanol–water partition coefficient (Wildman–Crippen LogP) is 2.28. The molecule has 0 amide bonds. The third-order valence-electron chi connectivity index (χ3n) is 1.68. The molecule has 0 bridgehead atoms. The Hall–Kier alpha value is -0.890. The minimum Gasteiger partial charge on any atom is -0.380 e. The number of rotatable bonds is 2. The SMILES string of the molecule is COCc1cccc(F)c1C. The molecule has 0 heterocycles. The van der Waals surface area contributed by atoms with Crippen LogP contribution < -0.4 is 0 Å². The molecule has 1 aromatic carbocycles. The summed E-state index contributed by atoms with van der Waals surface area (Å²) in [6, 6.07) is 5.01. The van der Waals surface area contributed by atoms with Crippen LogP contribution in [0, 0.1) is 12.7 Å². The predicted molar refractivity (Wildman–Crippen MR) is 41.9 cm³/mol. The van der Waals surface area contributed by atoms with Crippen molar-refractivity contribution in [3.05, 3.63) is 35.1 Å². The van der Waals surface area contributed by atoms with E-state index in [4.69, 9.17) is 4.74 Å². The van der Waals surface area contributed by atoms with Crippen molar-refractivity contribution in [3.63, 3.8) is 0 Å². The fourth-order valence-electron chi connectivity index (χ4n) is 0.964. The molecule has 0 aliphatic rings. The molecule has 0 aliphatic heterocycles. The summed E-state index contributed by atoms with van der Waals surface area (Å²) in [4.78, 5) is 0. The van der Waals surface area contributed by atoms with Gasteiger partial charge in [0.2, 0.25) is 0 Å². The van der Waals surface area contributed by atoms with Crippen molar-refractivity contribution in [2.45, 2.75) is 13.5 Å². The number of halogens is 1. The van der Waals surface area contributed by atoms with Gasteiger partial charge in [0.15, 0.2) is 0 Å². The molecule has 0 unspecified atom stereocenters. The van der Waals surface area contributed by atoms with Crippen molar-refractivity contribution < 1.29 is 9.13 Å². The van der Waals surface area contributed by atoms with E-state index in [0.717, 1.165) is 5.56 Å². The summed E-state index contributed by atoms with van der Waals surface area (Å²) in [5, 5.41) is 0. The second kappa shape index (κ2) is 3.49. The van der Waals surface area contributed by atoms with Crippen LogP contribution in [0.15, 0.2) is 18.2 Å². The summed E-state index contributed by atoms with van der Waals surface area (Å²) in [5.41, 5.74) is 1.59. The van der Waals surface area contributed by atoms with Gasteiger partial charge in [0.1, 0.15) is 5.82 Å². The lowest BCUT2D eigenvalue weighted by Gasteiger charge is -2.03. The topological polar surface area (TPSA) is 9.23 Å².